The molecule has 0 aliphatic carbocycles. The van der Waals surface area contributed by atoms with Gasteiger partial charge in [-0.3, -0.25) is 9.59 Å². The van der Waals surface area contributed by atoms with Gasteiger partial charge in [-0.05, 0) is 13.8 Å². The highest BCUT2D eigenvalue weighted by molar-refractivity contribution is 7.90. The van der Waals surface area contributed by atoms with E-state index in [-0.39, 0.29) is 18.0 Å². The van der Waals surface area contributed by atoms with Gasteiger partial charge in [0.05, 0.1) is 12.2 Å². The van der Waals surface area contributed by atoms with Crippen molar-refractivity contribution in [2.45, 2.75) is 26.3 Å². The molecule has 82 valence electrons. The zero-order valence-corrected chi connectivity index (χ0v) is 9.35. The van der Waals surface area contributed by atoms with Crippen LogP contribution in [-0.4, -0.2) is 38.2 Å². The fourth-order valence-corrected chi connectivity index (χ4v) is 2.04. The van der Waals surface area contributed by atoms with Crippen LogP contribution in [0.3, 0.4) is 0 Å². The SMILES string of the molecule is CC(=O)CC(=O)NC(C)CS(C)(=O)=O. The molecule has 0 rings (SSSR count). The molecule has 0 aromatic rings. The maximum atomic E-state index is 11.0. The summed E-state index contributed by atoms with van der Waals surface area (Å²) in [5.41, 5.74) is 0. The van der Waals surface area contributed by atoms with Gasteiger partial charge in [-0.1, -0.05) is 0 Å². The number of rotatable bonds is 5. The summed E-state index contributed by atoms with van der Waals surface area (Å²) in [6.07, 6.45) is 0.898. The average Bonchev–Trinajstić information content (AvgIpc) is 1.77. The first-order chi connectivity index (χ1) is 6.20. The maximum Gasteiger partial charge on any atom is 0.227 e. The molecule has 1 amide bonds. The Labute approximate surface area is 83.8 Å². The first-order valence-corrected chi connectivity index (χ1v) is 6.23. The van der Waals surface area contributed by atoms with E-state index in [1.54, 1.807) is 6.92 Å². The Morgan fingerprint density at radius 2 is 1.86 bits per heavy atom. The molecule has 0 aliphatic heterocycles. The van der Waals surface area contributed by atoms with Crippen LogP contribution in [0.25, 0.3) is 0 Å². The average molecular weight is 221 g/mol. The van der Waals surface area contributed by atoms with Gasteiger partial charge in [0.1, 0.15) is 15.6 Å². The highest BCUT2D eigenvalue weighted by Gasteiger charge is 2.13. The van der Waals surface area contributed by atoms with Crippen molar-refractivity contribution in [2.75, 3.05) is 12.0 Å². The lowest BCUT2D eigenvalue weighted by Crippen LogP contribution is -2.37. The Balaban J connectivity index is 4.01. The molecule has 0 aromatic heterocycles. The van der Waals surface area contributed by atoms with Crippen LogP contribution in [0.2, 0.25) is 0 Å². The number of ketones is 1. The Morgan fingerprint density at radius 3 is 2.21 bits per heavy atom. The molecule has 6 heteroatoms. The fraction of sp³-hybridized carbons (Fsp3) is 0.750. The molecule has 0 radical (unpaired) electrons. The van der Waals surface area contributed by atoms with Crippen LogP contribution in [0.5, 0.6) is 0 Å². The molecular formula is C8H15NO4S. The molecule has 0 heterocycles. The summed E-state index contributed by atoms with van der Waals surface area (Å²) >= 11 is 0. The second-order valence-electron chi connectivity index (χ2n) is 3.44. The van der Waals surface area contributed by atoms with Crippen molar-refractivity contribution in [3.63, 3.8) is 0 Å². The van der Waals surface area contributed by atoms with Gasteiger partial charge in [0, 0.05) is 12.3 Å². The number of nitrogens with one attached hydrogen (secondary N) is 1. The van der Waals surface area contributed by atoms with E-state index in [0.29, 0.717) is 0 Å². The number of hydrogen-bond donors (Lipinski definition) is 1. The topological polar surface area (TPSA) is 80.3 Å². The van der Waals surface area contributed by atoms with E-state index in [2.05, 4.69) is 5.32 Å². The van der Waals surface area contributed by atoms with Gasteiger partial charge in [0.15, 0.2) is 0 Å². The molecule has 0 bridgehead atoms. The number of sulfone groups is 1. The standard InChI is InChI=1S/C8H15NO4S/c1-6(5-14(3,12)13)9-8(11)4-7(2)10/h6H,4-5H2,1-3H3,(H,9,11). The predicted octanol–water partition coefficient (Wildman–Crippen LogP) is -0.485. The van der Waals surface area contributed by atoms with Crippen molar-refractivity contribution in [3.8, 4) is 0 Å². The molecule has 0 saturated heterocycles. The first-order valence-electron chi connectivity index (χ1n) is 4.17. The number of hydrogen-bond acceptors (Lipinski definition) is 4. The van der Waals surface area contributed by atoms with Gasteiger partial charge in [0.25, 0.3) is 0 Å². The van der Waals surface area contributed by atoms with Crippen molar-refractivity contribution in [3.05, 3.63) is 0 Å². The molecule has 0 aromatic carbocycles. The highest BCUT2D eigenvalue weighted by Crippen LogP contribution is 1.91. The number of carbonyl (C=O) groups excluding carboxylic acids is 2. The second kappa shape index (κ2) is 5.09. The third kappa shape index (κ3) is 7.72. The largest absolute Gasteiger partial charge is 0.352 e. The smallest absolute Gasteiger partial charge is 0.227 e. The van der Waals surface area contributed by atoms with E-state index in [4.69, 9.17) is 0 Å². The number of Topliss-reactive ketones (excluding diaryl/α,β-unsaturated/α-hetero) is 1. The van der Waals surface area contributed by atoms with E-state index in [0.717, 1.165) is 6.26 Å². The van der Waals surface area contributed by atoms with Gasteiger partial charge in [-0.15, -0.1) is 0 Å². The Morgan fingerprint density at radius 1 is 1.36 bits per heavy atom. The molecular weight excluding hydrogens is 206 g/mol. The monoisotopic (exact) mass is 221 g/mol. The summed E-state index contributed by atoms with van der Waals surface area (Å²) < 4.78 is 21.7. The lowest BCUT2D eigenvalue weighted by atomic mass is 10.3. The van der Waals surface area contributed by atoms with Crippen LogP contribution < -0.4 is 5.32 Å². The molecule has 1 atom stereocenters. The third-order valence-corrected chi connectivity index (χ3v) is 2.48. The van der Waals surface area contributed by atoms with Crippen molar-refractivity contribution in [1.82, 2.24) is 5.32 Å². The molecule has 1 N–H and O–H groups in total. The Kier molecular flexibility index (Phi) is 4.76. The minimum atomic E-state index is -3.10. The number of carbonyl (C=O) groups is 2. The molecule has 14 heavy (non-hydrogen) atoms. The summed E-state index contributed by atoms with van der Waals surface area (Å²) in [6.45, 7) is 2.89. The lowest BCUT2D eigenvalue weighted by Gasteiger charge is -2.11. The van der Waals surface area contributed by atoms with E-state index >= 15 is 0 Å². The molecule has 5 nitrogen and oxygen atoms in total. The minimum absolute atomic E-state index is 0.114. The maximum absolute atomic E-state index is 11.0. The second-order valence-corrected chi connectivity index (χ2v) is 5.62. The normalized spacial score (nSPS) is 13.4. The van der Waals surface area contributed by atoms with Crippen molar-refractivity contribution in [1.29, 1.82) is 0 Å². The summed E-state index contributed by atoms with van der Waals surface area (Å²) in [5, 5.41) is 2.43. The van der Waals surface area contributed by atoms with Gasteiger partial charge in [-0.2, -0.15) is 0 Å². The van der Waals surface area contributed by atoms with Gasteiger partial charge >= 0.3 is 0 Å². The van der Waals surface area contributed by atoms with E-state index in [9.17, 15) is 18.0 Å². The fourth-order valence-electron chi connectivity index (χ4n) is 1.05. The van der Waals surface area contributed by atoms with Gasteiger partial charge < -0.3 is 5.32 Å². The third-order valence-electron chi connectivity index (χ3n) is 1.37. The summed E-state index contributed by atoms with van der Waals surface area (Å²) in [4.78, 5) is 21.6. The van der Waals surface area contributed by atoms with Crippen LogP contribution in [0, 0.1) is 0 Å². The molecule has 1 unspecified atom stereocenters. The first kappa shape index (κ1) is 13.1. The molecule has 0 aliphatic rings. The summed E-state index contributed by atoms with van der Waals surface area (Å²) in [5.74, 6) is -0.792. The zero-order chi connectivity index (χ0) is 11.4. The predicted molar refractivity (Wildman–Crippen MR) is 52.6 cm³/mol. The van der Waals surface area contributed by atoms with E-state index in [1.807, 2.05) is 0 Å². The van der Waals surface area contributed by atoms with Crippen molar-refractivity contribution < 1.29 is 18.0 Å². The Bertz CT molecular complexity index is 320. The van der Waals surface area contributed by atoms with Crippen LogP contribution in [0.15, 0.2) is 0 Å². The number of amides is 1. The van der Waals surface area contributed by atoms with Crippen LogP contribution in [0.1, 0.15) is 20.3 Å². The van der Waals surface area contributed by atoms with Crippen LogP contribution >= 0.6 is 0 Å². The quantitative estimate of drug-likeness (QED) is 0.635. The van der Waals surface area contributed by atoms with Crippen molar-refractivity contribution >= 4 is 21.5 Å². The van der Waals surface area contributed by atoms with E-state index in [1.165, 1.54) is 6.92 Å². The van der Waals surface area contributed by atoms with Gasteiger partial charge in [0.2, 0.25) is 5.91 Å². The minimum Gasteiger partial charge on any atom is -0.352 e. The van der Waals surface area contributed by atoms with Crippen LogP contribution in [0.4, 0.5) is 0 Å². The molecule has 0 fully saturated rings. The van der Waals surface area contributed by atoms with Crippen molar-refractivity contribution in [2.24, 2.45) is 0 Å². The van der Waals surface area contributed by atoms with Crippen LogP contribution in [-0.2, 0) is 19.4 Å². The summed E-state index contributed by atoms with van der Waals surface area (Å²) in [7, 11) is -3.10. The zero-order valence-electron chi connectivity index (χ0n) is 8.53. The highest BCUT2D eigenvalue weighted by atomic mass is 32.2. The lowest BCUT2D eigenvalue weighted by molar-refractivity contribution is -0.127. The van der Waals surface area contributed by atoms with E-state index < -0.39 is 21.8 Å². The summed E-state index contributed by atoms with van der Waals surface area (Å²) in [6, 6.07) is -0.461. The molecule has 0 saturated carbocycles. The Hall–Kier alpha value is -0.910. The van der Waals surface area contributed by atoms with Gasteiger partial charge in [-0.25, -0.2) is 8.42 Å². The molecule has 0 spiro atoms.